The zero-order chi connectivity index (χ0) is 12.7. The van der Waals surface area contributed by atoms with Gasteiger partial charge >= 0.3 is 0 Å². The Morgan fingerprint density at radius 1 is 1.32 bits per heavy atom. The number of piperidine rings is 1. The maximum absolute atomic E-state index is 5.41. The fourth-order valence-corrected chi connectivity index (χ4v) is 4.07. The van der Waals surface area contributed by atoms with E-state index in [1.165, 1.54) is 25.7 Å². The Morgan fingerprint density at radius 2 is 2.16 bits per heavy atom. The summed E-state index contributed by atoms with van der Waals surface area (Å²) in [6.07, 6.45) is 6.13. The van der Waals surface area contributed by atoms with Crippen LogP contribution in [0.4, 0.5) is 0 Å². The van der Waals surface area contributed by atoms with E-state index in [0.29, 0.717) is 5.92 Å². The molecule has 0 spiro atoms. The number of thiophene rings is 1. The van der Waals surface area contributed by atoms with Gasteiger partial charge in [-0.3, -0.25) is 0 Å². The van der Waals surface area contributed by atoms with Crippen molar-refractivity contribution < 1.29 is 4.52 Å². The fraction of sp³-hybridized carbons (Fsp3) is 0.571. The maximum Gasteiger partial charge on any atom is 0.227 e. The highest BCUT2D eigenvalue weighted by molar-refractivity contribution is 7.08. The summed E-state index contributed by atoms with van der Waals surface area (Å²) in [6.45, 7) is 0. The van der Waals surface area contributed by atoms with Gasteiger partial charge in [0.05, 0.1) is 0 Å². The second-order valence-corrected chi connectivity index (χ2v) is 6.48. The van der Waals surface area contributed by atoms with E-state index >= 15 is 0 Å². The van der Waals surface area contributed by atoms with E-state index in [1.807, 2.05) is 11.4 Å². The van der Waals surface area contributed by atoms with Crippen molar-refractivity contribution in [3.63, 3.8) is 0 Å². The topological polar surface area (TPSA) is 51.0 Å². The van der Waals surface area contributed by atoms with E-state index in [2.05, 4.69) is 20.8 Å². The molecule has 0 aromatic carbocycles. The molecule has 2 unspecified atom stereocenters. The van der Waals surface area contributed by atoms with Gasteiger partial charge in [0.2, 0.25) is 11.7 Å². The average molecular weight is 275 g/mol. The van der Waals surface area contributed by atoms with Crippen LogP contribution < -0.4 is 5.32 Å². The molecule has 2 aromatic rings. The van der Waals surface area contributed by atoms with Crippen LogP contribution >= 0.6 is 11.3 Å². The highest BCUT2D eigenvalue weighted by Crippen LogP contribution is 2.32. The summed E-state index contributed by atoms with van der Waals surface area (Å²) in [4.78, 5) is 4.53. The lowest BCUT2D eigenvalue weighted by Crippen LogP contribution is -2.38. The van der Waals surface area contributed by atoms with Crippen LogP contribution in [0.5, 0.6) is 0 Å². The SMILES string of the molecule is c1cc(-c2noc(CC3CC4CCC(C3)N4)n2)cs1. The predicted octanol–water partition coefficient (Wildman–Crippen LogP) is 2.87. The molecule has 5 heteroatoms. The van der Waals surface area contributed by atoms with Gasteiger partial charge in [-0.1, -0.05) is 5.16 Å². The Kier molecular flexibility index (Phi) is 2.89. The average Bonchev–Trinajstić information content (AvgIpc) is 3.10. The Morgan fingerprint density at radius 3 is 2.89 bits per heavy atom. The molecule has 4 nitrogen and oxygen atoms in total. The zero-order valence-corrected chi connectivity index (χ0v) is 11.5. The molecule has 19 heavy (non-hydrogen) atoms. The largest absolute Gasteiger partial charge is 0.339 e. The third-order valence-corrected chi connectivity index (χ3v) is 4.96. The summed E-state index contributed by atoms with van der Waals surface area (Å²) in [5.41, 5.74) is 1.06. The standard InChI is InChI=1S/C14H17N3OS/c1-2-12-6-9(5-11(1)15-12)7-13-16-14(17-18-13)10-3-4-19-8-10/h3-4,8-9,11-12,15H,1-2,5-7H2. The minimum Gasteiger partial charge on any atom is -0.339 e. The monoisotopic (exact) mass is 275 g/mol. The van der Waals surface area contributed by atoms with Crippen LogP contribution in [-0.2, 0) is 6.42 Å². The molecular weight excluding hydrogens is 258 g/mol. The Hall–Kier alpha value is -1.20. The lowest BCUT2D eigenvalue weighted by Gasteiger charge is -2.27. The van der Waals surface area contributed by atoms with Gasteiger partial charge < -0.3 is 9.84 Å². The molecule has 2 atom stereocenters. The van der Waals surface area contributed by atoms with Crippen molar-refractivity contribution in [3.05, 3.63) is 22.7 Å². The molecule has 2 aliphatic heterocycles. The fourth-order valence-electron chi connectivity index (χ4n) is 3.44. The molecule has 2 aromatic heterocycles. The quantitative estimate of drug-likeness (QED) is 0.936. The van der Waals surface area contributed by atoms with Crippen LogP contribution in [0, 0.1) is 5.92 Å². The highest BCUT2D eigenvalue weighted by atomic mass is 32.1. The van der Waals surface area contributed by atoms with Gasteiger partial charge in [-0.25, -0.2) is 0 Å². The Bertz CT molecular complexity index is 539. The zero-order valence-electron chi connectivity index (χ0n) is 10.7. The second kappa shape index (κ2) is 4.72. The molecule has 100 valence electrons. The van der Waals surface area contributed by atoms with Crippen molar-refractivity contribution in [2.75, 3.05) is 0 Å². The normalized spacial score (nSPS) is 29.8. The number of nitrogens with one attached hydrogen (secondary N) is 1. The summed E-state index contributed by atoms with van der Waals surface area (Å²) >= 11 is 1.66. The molecule has 4 rings (SSSR count). The highest BCUT2D eigenvalue weighted by Gasteiger charge is 2.34. The summed E-state index contributed by atoms with van der Waals surface area (Å²) < 4.78 is 5.41. The number of rotatable bonds is 3. The molecule has 2 bridgehead atoms. The first-order valence-corrected chi connectivity index (χ1v) is 7.92. The van der Waals surface area contributed by atoms with E-state index < -0.39 is 0 Å². The number of fused-ring (bicyclic) bond motifs is 2. The van der Waals surface area contributed by atoms with Gasteiger partial charge in [-0.2, -0.15) is 16.3 Å². The lowest BCUT2D eigenvalue weighted by molar-refractivity contribution is 0.270. The van der Waals surface area contributed by atoms with Crippen LogP contribution in [0.2, 0.25) is 0 Å². The van der Waals surface area contributed by atoms with Crippen molar-refractivity contribution in [3.8, 4) is 11.4 Å². The van der Waals surface area contributed by atoms with Crippen molar-refractivity contribution in [1.82, 2.24) is 15.5 Å². The van der Waals surface area contributed by atoms with Crippen molar-refractivity contribution >= 4 is 11.3 Å². The smallest absolute Gasteiger partial charge is 0.227 e. The molecule has 2 aliphatic rings. The third-order valence-electron chi connectivity index (χ3n) is 4.28. The molecular formula is C14H17N3OS. The van der Waals surface area contributed by atoms with E-state index in [1.54, 1.807) is 11.3 Å². The summed E-state index contributed by atoms with van der Waals surface area (Å²) in [5.74, 6) is 2.23. The van der Waals surface area contributed by atoms with Crippen LogP contribution in [0.25, 0.3) is 11.4 Å². The second-order valence-electron chi connectivity index (χ2n) is 5.70. The molecule has 0 amide bonds. The number of nitrogens with zero attached hydrogens (tertiary/aromatic N) is 2. The maximum atomic E-state index is 5.41. The summed E-state index contributed by atoms with van der Waals surface area (Å²) in [5, 5.41) is 11.8. The molecule has 0 saturated carbocycles. The molecule has 2 saturated heterocycles. The predicted molar refractivity (Wildman–Crippen MR) is 74.0 cm³/mol. The number of hydrogen-bond donors (Lipinski definition) is 1. The van der Waals surface area contributed by atoms with E-state index in [4.69, 9.17) is 4.52 Å². The molecule has 1 N–H and O–H groups in total. The van der Waals surface area contributed by atoms with E-state index in [9.17, 15) is 0 Å². The summed E-state index contributed by atoms with van der Waals surface area (Å²) in [6, 6.07) is 3.48. The minimum atomic E-state index is 0.703. The van der Waals surface area contributed by atoms with Gasteiger partial charge in [-0.15, -0.1) is 0 Å². The first-order chi connectivity index (χ1) is 9.37. The minimum absolute atomic E-state index is 0.703. The van der Waals surface area contributed by atoms with Crippen LogP contribution in [0.1, 0.15) is 31.6 Å². The van der Waals surface area contributed by atoms with Crippen molar-refractivity contribution in [1.29, 1.82) is 0 Å². The Balaban J connectivity index is 1.46. The Labute approximate surface area is 116 Å². The van der Waals surface area contributed by atoms with Crippen LogP contribution in [0.15, 0.2) is 21.3 Å². The van der Waals surface area contributed by atoms with E-state index in [0.717, 1.165) is 35.8 Å². The molecule has 0 radical (unpaired) electrons. The summed E-state index contributed by atoms with van der Waals surface area (Å²) in [7, 11) is 0. The molecule has 0 aliphatic carbocycles. The third kappa shape index (κ3) is 2.32. The van der Waals surface area contributed by atoms with Gasteiger partial charge in [0.25, 0.3) is 0 Å². The molecule has 2 fully saturated rings. The van der Waals surface area contributed by atoms with Gasteiger partial charge in [0.15, 0.2) is 0 Å². The van der Waals surface area contributed by atoms with Crippen molar-refractivity contribution in [2.24, 2.45) is 5.92 Å². The van der Waals surface area contributed by atoms with Crippen molar-refractivity contribution in [2.45, 2.75) is 44.2 Å². The van der Waals surface area contributed by atoms with E-state index in [-0.39, 0.29) is 0 Å². The van der Waals surface area contributed by atoms with Crippen LogP contribution in [-0.4, -0.2) is 22.2 Å². The van der Waals surface area contributed by atoms with Gasteiger partial charge in [0, 0.05) is 29.4 Å². The van der Waals surface area contributed by atoms with Gasteiger partial charge in [0.1, 0.15) is 0 Å². The first-order valence-electron chi connectivity index (χ1n) is 6.98. The first kappa shape index (κ1) is 11.6. The molecule has 4 heterocycles. The van der Waals surface area contributed by atoms with Crippen LogP contribution in [0.3, 0.4) is 0 Å². The number of hydrogen-bond acceptors (Lipinski definition) is 5. The number of aromatic nitrogens is 2. The van der Waals surface area contributed by atoms with Gasteiger partial charge in [-0.05, 0) is 43.0 Å². The lowest BCUT2D eigenvalue weighted by atomic mass is 9.90.